The van der Waals surface area contributed by atoms with Crippen LogP contribution in [0.4, 0.5) is 5.82 Å². The van der Waals surface area contributed by atoms with E-state index in [9.17, 15) is 10.1 Å². The highest BCUT2D eigenvalue weighted by molar-refractivity contribution is 5.94. The van der Waals surface area contributed by atoms with Crippen molar-refractivity contribution in [1.29, 1.82) is 5.26 Å². The van der Waals surface area contributed by atoms with Gasteiger partial charge in [0.15, 0.2) is 18.2 Å². The van der Waals surface area contributed by atoms with Crippen molar-refractivity contribution in [3.8, 4) is 17.7 Å². The molecule has 3 aromatic heterocycles. The number of carbonyl (C=O) groups is 1. The molecule has 39 heavy (non-hydrogen) atoms. The molecular weight excluding hydrogens is 500 g/mol. The first-order chi connectivity index (χ1) is 19.0. The third-order valence-corrected chi connectivity index (χ3v) is 8.03. The van der Waals surface area contributed by atoms with E-state index >= 15 is 0 Å². The molecule has 3 aromatic rings. The van der Waals surface area contributed by atoms with Crippen LogP contribution in [0.25, 0.3) is 11.0 Å². The molecule has 3 fully saturated rings. The van der Waals surface area contributed by atoms with Gasteiger partial charge in [-0.25, -0.2) is 9.97 Å². The van der Waals surface area contributed by atoms with E-state index in [0.29, 0.717) is 53.6 Å². The molecule has 0 aromatic carbocycles. The molecule has 2 bridgehead atoms. The number of aliphatic hydroxyl groups is 1. The minimum Gasteiger partial charge on any atom is -0.480 e. The number of hydrogen-bond acceptors (Lipinski definition) is 10. The molecule has 0 radical (unpaired) electrons. The number of nitrogens with one attached hydrogen (secondary N) is 2. The quantitative estimate of drug-likeness (QED) is 0.376. The molecule has 1 aliphatic carbocycles. The Morgan fingerprint density at radius 2 is 2.05 bits per heavy atom. The fourth-order valence-electron chi connectivity index (χ4n) is 5.73. The monoisotopic (exact) mass is 530 g/mol. The molecule has 202 valence electrons. The van der Waals surface area contributed by atoms with Crippen molar-refractivity contribution >= 4 is 22.8 Å². The number of aromatic nitrogens is 3. The van der Waals surface area contributed by atoms with Crippen molar-refractivity contribution in [2.24, 2.45) is 0 Å². The van der Waals surface area contributed by atoms with Gasteiger partial charge in [0.25, 0.3) is 5.91 Å². The highest BCUT2D eigenvalue weighted by Gasteiger charge is 2.49. The molecule has 2 saturated heterocycles. The normalized spacial score (nSPS) is 23.5. The predicted molar refractivity (Wildman–Crippen MR) is 140 cm³/mol. The van der Waals surface area contributed by atoms with Gasteiger partial charge in [-0.1, -0.05) is 0 Å². The Hall–Kier alpha value is -3.85. The summed E-state index contributed by atoms with van der Waals surface area (Å²) < 4.78 is 17.4. The van der Waals surface area contributed by atoms with Gasteiger partial charge in [0.1, 0.15) is 12.7 Å². The Bertz CT molecular complexity index is 1430. The van der Waals surface area contributed by atoms with Gasteiger partial charge < -0.3 is 30.0 Å². The van der Waals surface area contributed by atoms with Crippen LogP contribution in [0.2, 0.25) is 0 Å². The van der Waals surface area contributed by atoms with E-state index in [4.69, 9.17) is 19.3 Å². The standard InChI is InChI=1S/C28H30N6O5/c29-13-18-14-30-21-2-4-24(37-12-11-35)34-25(21)20(18)5-6-28-9-7-27(8-10-28,17-39-28)31-15-19-1-3-22-26(32-19)33-23(36)16-38-22/h1-4,14,31,35H,5-12,15-17H2,(H,32,33,36). The van der Waals surface area contributed by atoms with Crippen molar-refractivity contribution in [2.75, 3.05) is 31.7 Å². The maximum Gasteiger partial charge on any atom is 0.263 e. The minimum atomic E-state index is -0.234. The van der Waals surface area contributed by atoms with Crippen molar-refractivity contribution in [3.63, 3.8) is 0 Å². The molecule has 1 amide bonds. The Kier molecular flexibility index (Phi) is 6.76. The highest BCUT2D eigenvalue weighted by Crippen LogP contribution is 2.46. The third-order valence-electron chi connectivity index (χ3n) is 8.03. The smallest absolute Gasteiger partial charge is 0.263 e. The van der Waals surface area contributed by atoms with E-state index in [1.54, 1.807) is 12.3 Å². The summed E-state index contributed by atoms with van der Waals surface area (Å²) in [6.07, 6.45) is 6.84. The maximum absolute atomic E-state index is 11.6. The SMILES string of the molecule is N#Cc1cnc2ccc(OCCO)nc2c1CCC12CCC(NCc3ccc4c(n3)NC(=O)CO4)(CC1)CO2. The van der Waals surface area contributed by atoms with Gasteiger partial charge >= 0.3 is 0 Å². The number of ether oxygens (including phenoxy) is 3. The lowest BCUT2D eigenvalue weighted by atomic mass is 9.69. The molecule has 3 N–H and O–H groups in total. The van der Waals surface area contributed by atoms with Gasteiger partial charge in [-0.3, -0.25) is 9.78 Å². The lowest BCUT2D eigenvalue weighted by Gasteiger charge is -2.53. The number of aryl methyl sites for hydroxylation is 1. The second kappa shape index (κ2) is 10.4. The Morgan fingerprint density at radius 3 is 2.82 bits per heavy atom. The largest absolute Gasteiger partial charge is 0.480 e. The van der Waals surface area contributed by atoms with Gasteiger partial charge in [-0.05, 0) is 62.3 Å². The number of anilines is 1. The highest BCUT2D eigenvalue weighted by atomic mass is 16.5. The average molecular weight is 531 g/mol. The average Bonchev–Trinajstić information content (AvgIpc) is 2.98. The fourth-order valence-corrected chi connectivity index (χ4v) is 5.73. The number of pyridine rings is 3. The van der Waals surface area contributed by atoms with Crippen LogP contribution in [0.3, 0.4) is 0 Å². The summed E-state index contributed by atoms with van der Waals surface area (Å²) in [5.74, 6) is 1.26. The number of nitrogens with zero attached hydrogens (tertiary/aromatic N) is 4. The number of hydrogen-bond donors (Lipinski definition) is 3. The minimum absolute atomic E-state index is 0.0142. The van der Waals surface area contributed by atoms with Crippen molar-refractivity contribution in [1.82, 2.24) is 20.3 Å². The molecular formula is C28H30N6O5. The first-order valence-corrected chi connectivity index (χ1v) is 13.2. The molecule has 11 nitrogen and oxygen atoms in total. The molecule has 11 heteroatoms. The first kappa shape index (κ1) is 25.4. The predicted octanol–water partition coefficient (Wildman–Crippen LogP) is 2.40. The summed E-state index contributed by atoms with van der Waals surface area (Å²) in [6.45, 7) is 1.24. The molecule has 1 saturated carbocycles. The zero-order valence-electron chi connectivity index (χ0n) is 21.5. The molecule has 0 unspecified atom stereocenters. The molecule has 0 atom stereocenters. The maximum atomic E-state index is 11.6. The summed E-state index contributed by atoms with van der Waals surface area (Å²) in [6, 6.07) is 9.57. The Morgan fingerprint density at radius 1 is 1.18 bits per heavy atom. The van der Waals surface area contributed by atoms with E-state index < -0.39 is 0 Å². The van der Waals surface area contributed by atoms with Crippen molar-refractivity contribution < 1.29 is 24.1 Å². The van der Waals surface area contributed by atoms with Crippen LogP contribution in [-0.4, -0.2) is 63.5 Å². The fraction of sp³-hybridized carbons (Fsp3) is 0.464. The van der Waals surface area contributed by atoms with E-state index in [2.05, 4.69) is 31.7 Å². The van der Waals surface area contributed by atoms with E-state index in [0.717, 1.165) is 43.4 Å². The number of nitriles is 1. The number of carbonyl (C=O) groups excluding carboxylic acids is 1. The van der Waals surface area contributed by atoms with Crippen LogP contribution >= 0.6 is 0 Å². The third kappa shape index (κ3) is 5.11. The first-order valence-electron chi connectivity index (χ1n) is 13.2. The summed E-state index contributed by atoms with van der Waals surface area (Å²) >= 11 is 0. The van der Waals surface area contributed by atoms with E-state index in [1.165, 1.54) is 0 Å². The van der Waals surface area contributed by atoms with Gasteiger partial charge in [-0.15, -0.1) is 0 Å². The van der Waals surface area contributed by atoms with Crippen LogP contribution in [0.5, 0.6) is 11.6 Å². The molecule has 0 spiro atoms. The lowest BCUT2D eigenvalue weighted by molar-refractivity contribution is -0.165. The Labute approximate surface area is 225 Å². The summed E-state index contributed by atoms with van der Waals surface area (Å²) in [5, 5.41) is 25.3. The van der Waals surface area contributed by atoms with Crippen LogP contribution in [-0.2, 0) is 22.5 Å². The van der Waals surface area contributed by atoms with Crippen molar-refractivity contribution in [3.05, 3.63) is 47.3 Å². The summed E-state index contributed by atoms with van der Waals surface area (Å²) in [5.41, 5.74) is 3.21. The number of fused-ring (bicyclic) bond motifs is 5. The van der Waals surface area contributed by atoms with Gasteiger partial charge in [0.2, 0.25) is 5.88 Å². The second-order valence-corrected chi connectivity index (χ2v) is 10.4. The molecule has 7 rings (SSSR count). The van der Waals surface area contributed by atoms with Gasteiger partial charge in [-0.2, -0.15) is 5.26 Å². The zero-order chi connectivity index (χ0) is 26.9. The van der Waals surface area contributed by atoms with Gasteiger partial charge in [0.05, 0.1) is 41.1 Å². The summed E-state index contributed by atoms with van der Waals surface area (Å²) in [4.78, 5) is 25.2. The van der Waals surface area contributed by atoms with Crippen LogP contribution < -0.4 is 20.1 Å². The van der Waals surface area contributed by atoms with Crippen LogP contribution in [0.1, 0.15) is 48.9 Å². The Balaban J connectivity index is 1.11. The van der Waals surface area contributed by atoms with Crippen molar-refractivity contribution in [2.45, 2.75) is 56.2 Å². The topological polar surface area (TPSA) is 152 Å². The van der Waals surface area contributed by atoms with Crippen LogP contribution in [0, 0.1) is 11.3 Å². The number of amides is 1. The molecule has 3 aliphatic heterocycles. The van der Waals surface area contributed by atoms with Gasteiger partial charge in [0, 0.05) is 24.3 Å². The van der Waals surface area contributed by atoms with E-state index in [1.807, 2.05) is 18.2 Å². The van der Waals surface area contributed by atoms with Crippen LogP contribution in [0.15, 0.2) is 30.5 Å². The lowest BCUT2D eigenvalue weighted by Crippen LogP contribution is -2.61. The second-order valence-electron chi connectivity index (χ2n) is 10.4. The number of rotatable bonds is 9. The molecule has 6 heterocycles. The van der Waals surface area contributed by atoms with E-state index in [-0.39, 0.29) is 36.9 Å². The number of aliphatic hydroxyl groups excluding tert-OH is 1. The zero-order valence-corrected chi connectivity index (χ0v) is 21.5. The summed E-state index contributed by atoms with van der Waals surface area (Å²) in [7, 11) is 0. The molecule has 4 aliphatic rings.